The highest BCUT2D eigenvalue weighted by Gasteiger charge is 2.30. The number of alkyl halides is 3. The Hall–Kier alpha value is -3.64. The van der Waals surface area contributed by atoms with Gasteiger partial charge in [0.25, 0.3) is 5.56 Å². The fourth-order valence-corrected chi connectivity index (χ4v) is 5.01. The fourth-order valence-electron chi connectivity index (χ4n) is 3.66. The van der Waals surface area contributed by atoms with Crippen LogP contribution in [0, 0.1) is 0 Å². The maximum atomic E-state index is 13.4. The van der Waals surface area contributed by atoms with Crippen LogP contribution >= 0.6 is 22.9 Å². The highest BCUT2D eigenvalue weighted by atomic mass is 35.5. The summed E-state index contributed by atoms with van der Waals surface area (Å²) in [7, 11) is 1.51. The van der Waals surface area contributed by atoms with Crippen molar-refractivity contribution < 1.29 is 17.9 Å². The summed E-state index contributed by atoms with van der Waals surface area (Å²) in [6.45, 7) is -1.39. The summed E-state index contributed by atoms with van der Waals surface area (Å²) < 4.78 is 46.1. The third kappa shape index (κ3) is 3.74. The van der Waals surface area contributed by atoms with Crippen LogP contribution in [0.1, 0.15) is 0 Å². The van der Waals surface area contributed by atoms with Gasteiger partial charge in [-0.25, -0.2) is 9.36 Å². The van der Waals surface area contributed by atoms with E-state index in [1.807, 2.05) is 0 Å². The number of ether oxygens (including phenoxy) is 1. The number of thiophene rings is 1. The molecule has 0 atom stereocenters. The summed E-state index contributed by atoms with van der Waals surface area (Å²) in [6, 6.07) is 6.64. The van der Waals surface area contributed by atoms with E-state index in [9.17, 15) is 22.8 Å². The van der Waals surface area contributed by atoms with Crippen LogP contribution in [0.3, 0.4) is 0 Å². The second-order valence-electron chi connectivity index (χ2n) is 7.28. The van der Waals surface area contributed by atoms with Gasteiger partial charge in [0, 0.05) is 27.0 Å². The molecule has 34 heavy (non-hydrogen) atoms. The van der Waals surface area contributed by atoms with Gasteiger partial charge in [-0.3, -0.25) is 14.5 Å². The Morgan fingerprint density at radius 3 is 2.71 bits per heavy atom. The standard InChI is InChI=1S/C21H13ClF3N5O3S/c1-33-11-2-3-13(22)12(4-11)16-5-14-18(34-16)19(31)30(20(32)28-14)15-8-26-6-10-7-27-29(17(10)15)9-21(23,24)25/h2-8H,9H2,1H3,(H,28,32). The molecular formula is C21H13ClF3N5O3S. The van der Waals surface area contributed by atoms with Gasteiger partial charge in [-0.1, -0.05) is 11.6 Å². The number of aromatic nitrogens is 5. The lowest BCUT2D eigenvalue weighted by molar-refractivity contribution is -0.141. The lowest BCUT2D eigenvalue weighted by atomic mass is 10.2. The van der Waals surface area contributed by atoms with E-state index in [1.54, 1.807) is 24.3 Å². The number of fused-ring (bicyclic) bond motifs is 2. The molecule has 0 radical (unpaired) electrons. The number of pyridine rings is 1. The van der Waals surface area contributed by atoms with Crippen molar-refractivity contribution >= 4 is 44.1 Å². The van der Waals surface area contributed by atoms with E-state index in [2.05, 4.69) is 15.1 Å². The molecule has 4 heterocycles. The molecule has 0 saturated heterocycles. The van der Waals surface area contributed by atoms with Gasteiger partial charge in [0.05, 0.1) is 36.2 Å². The van der Waals surface area contributed by atoms with E-state index < -0.39 is 24.0 Å². The molecule has 13 heteroatoms. The van der Waals surface area contributed by atoms with Crippen molar-refractivity contribution in [1.29, 1.82) is 0 Å². The minimum absolute atomic E-state index is 0.0353. The van der Waals surface area contributed by atoms with Crippen molar-refractivity contribution in [3.05, 3.63) is 68.7 Å². The topological polar surface area (TPSA) is 94.8 Å². The molecule has 1 aromatic carbocycles. The summed E-state index contributed by atoms with van der Waals surface area (Å²) in [5.74, 6) is 0.554. The first kappa shape index (κ1) is 22.2. The number of nitrogens with zero attached hydrogens (tertiary/aromatic N) is 4. The minimum Gasteiger partial charge on any atom is -0.497 e. The third-order valence-electron chi connectivity index (χ3n) is 5.10. The summed E-state index contributed by atoms with van der Waals surface area (Å²) >= 11 is 7.41. The van der Waals surface area contributed by atoms with E-state index in [4.69, 9.17) is 16.3 Å². The predicted octanol–water partition coefficient (Wildman–Crippen LogP) is 4.38. The van der Waals surface area contributed by atoms with Gasteiger partial charge >= 0.3 is 11.9 Å². The number of halogens is 4. The van der Waals surface area contributed by atoms with Crippen molar-refractivity contribution in [1.82, 2.24) is 24.3 Å². The van der Waals surface area contributed by atoms with E-state index >= 15 is 0 Å². The molecule has 5 rings (SSSR count). The zero-order chi connectivity index (χ0) is 24.2. The number of H-pyrrole nitrogens is 1. The molecular weight excluding hydrogens is 495 g/mol. The Kier molecular flexibility index (Phi) is 5.21. The Bertz CT molecular complexity index is 1690. The molecule has 0 bridgehead atoms. The van der Waals surface area contributed by atoms with Crippen LogP contribution in [0.4, 0.5) is 13.2 Å². The number of rotatable bonds is 4. The minimum atomic E-state index is -4.56. The van der Waals surface area contributed by atoms with Crippen molar-refractivity contribution in [2.24, 2.45) is 0 Å². The Labute approximate surface area is 196 Å². The molecule has 174 valence electrons. The van der Waals surface area contributed by atoms with Crippen LogP contribution in [0.15, 0.2) is 52.4 Å². The Balaban J connectivity index is 1.74. The molecule has 0 aliphatic heterocycles. The molecule has 0 amide bonds. The predicted molar refractivity (Wildman–Crippen MR) is 122 cm³/mol. The van der Waals surface area contributed by atoms with E-state index in [0.717, 1.165) is 22.1 Å². The number of methoxy groups -OCH3 is 1. The summed E-state index contributed by atoms with van der Waals surface area (Å²) in [5.41, 5.74) is -0.806. The van der Waals surface area contributed by atoms with Crippen LogP contribution in [0.2, 0.25) is 5.02 Å². The largest absolute Gasteiger partial charge is 0.497 e. The van der Waals surface area contributed by atoms with Crippen LogP contribution in [0.5, 0.6) is 5.75 Å². The average molecular weight is 508 g/mol. The normalized spacial score (nSPS) is 12.0. The molecule has 0 aliphatic rings. The molecule has 0 fully saturated rings. The molecule has 8 nitrogen and oxygen atoms in total. The smallest absolute Gasteiger partial charge is 0.408 e. The fraction of sp³-hybridized carbons (Fsp3) is 0.143. The van der Waals surface area contributed by atoms with Crippen LogP contribution in [-0.4, -0.2) is 37.6 Å². The Morgan fingerprint density at radius 1 is 1.18 bits per heavy atom. The van der Waals surface area contributed by atoms with E-state index in [0.29, 0.717) is 25.9 Å². The summed E-state index contributed by atoms with van der Waals surface area (Å²) in [5, 5.41) is 4.43. The van der Waals surface area contributed by atoms with Gasteiger partial charge < -0.3 is 9.72 Å². The van der Waals surface area contributed by atoms with Gasteiger partial charge in [-0.2, -0.15) is 18.3 Å². The summed E-state index contributed by atoms with van der Waals surface area (Å²) in [4.78, 5) is 33.5. The zero-order valence-electron chi connectivity index (χ0n) is 17.2. The SMILES string of the molecule is COc1ccc(Cl)c(-c2cc3[nH]c(=O)n(-c4cncc5cnn(CC(F)(F)F)c45)c(=O)c3s2)c1. The quantitative estimate of drug-likeness (QED) is 0.389. The highest BCUT2D eigenvalue weighted by Crippen LogP contribution is 2.37. The van der Waals surface area contributed by atoms with Crippen molar-refractivity contribution in [3.8, 4) is 21.9 Å². The van der Waals surface area contributed by atoms with Crippen LogP contribution in [0.25, 0.3) is 37.2 Å². The third-order valence-corrected chi connectivity index (χ3v) is 6.59. The van der Waals surface area contributed by atoms with Crippen molar-refractivity contribution in [2.75, 3.05) is 7.11 Å². The molecule has 1 N–H and O–H groups in total. The zero-order valence-corrected chi connectivity index (χ0v) is 18.8. The molecule has 5 aromatic rings. The molecule has 4 aromatic heterocycles. The number of aromatic amines is 1. The highest BCUT2D eigenvalue weighted by molar-refractivity contribution is 7.22. The first-order chi connectivity index (χ1) is 16.2. The van der Waals surface area contributed by atoms with Crippen LogP contribution in [-0.2, 0) is 6.54 Å². The second-order valence-corrected chi connectivity index (χ2v) is 8.74. The van der Waals surface area contributed by atoms with Crippen LogP contribution < -0.4 is 16.0 Å². The lowest BCUT2D eigenvalue weighted by Gasteiger charge is -2.11. The number of nitrogens with one attached hydrogen (secondary N) is 1. The second kappa shape index (κ2) is 7.99. The maximum absolute atomic E-state index is 13.4. The molecule has 0 aliphatic carbocycles. The molecule has 0 unspecified atom stereocenters. The van der Waals surface area contributed by atoms with Gasteiger partial charge in [-0.15, -0.1) is 11.3 Å². The number of hydrogen-bond donors (Lipinski definition) is 1. The summed E-state index contributed by atoms with van der Waals surface area (Å²) in [6.07, 6.45) is -0.889. The first-order valence-corrected chi connectivity index (χ1v) is 10.8. The molecule has 0 saturated carbocycles. The maximum Gasteiger partial charge on any atom is 0.408 e. The molecule has 0 spiro atoms. The Morgan fingerprint density at radius 2 is 1.97 bits per heavy atom. The monoisotopic (exact) mass is 507 g/mol. The van der Waals surface area contributed by atoms with E-state index in [1.165, 1.54) is 19.5 Å². The van der Waals surface area contributed by atoms with Gasteiger partial charge in [0.1, 0.15) is 17.0 Å². The lowest BCUT2D eigenvalue weighted by Crippen LogP contribution is -2.33. The van der Waals surface area contributed by atoms with Crippen molar-refractivity contribution in [2.45, 2.75) is 12.7 Å². The van der Waals surface area contributed by atoms with Gasteiger partial charge in [-0.05, 0) is 24.3 Å². The van der Waals surface area contributed by atoms with Gasteiger partial charge in [0.2, 0.25) is 0 Å². The number of hydrogen-bond acceptors (Lipinski definition) is 6. The average Bonchev–Trinajstić information content (AvgIpc) is 3.38. The van der Waals surface area contributed by atoms with E-state index in [-0.39, 0.29) is 26.8 Å². The first-order valence-electron chi connectivity index (χ1n) is 9.66. The number of benzene rings is 1. The van der Waals surface area contributed by atoms with Crippen molar-refractivity contribution in [3.63, 3.8) is 0 Å². The van der Waals surface area contributed by atoms with Gasteiger partial charge in [0.15, 0.2) is 0 Å².